The lowest BCUT2D eigenvalue weighted by atomic mass is 9.80. The number of hydrogen-bond donors (Lipinski definition) is 5. The summed E-state index contributed by atoms with van der Waals surface area (Å²) in [4.78, 5) is 14.6. The van der Waals surface area contributed by atoms with Gasteiger partial charge in [0.25, 0.3) is 12.3 Å². The second-order valence-corrected chi connectivity index (χ2v) is 9.56. The topological polar surface area (TPSA) is 129 Å². The average molecular weight is 569 g/mol. The SMILES string of the molecule is CN/C=C(/C1CCC(NCC(F)(F)C(F)(F)F)CC1)C(N)N1Cc2ccc(C(=N)OC(N)C(F)F)cc2C1=O. The zero-order chi connectivity index (χ0) is 29.1. The molecule has 1 aromatic carbocycles. The van der Waals surface area contributed by atoms with Crippen LogP contribution in [-0.4, -0.2) is 67.3 Å². The van der Waals surface area contributed by atoms with Gasteiger partial charge in [-0.05, 0) is 61.1 Å². The van der Waals surface area contributed by atoms with Crippen molar-refractivity contribution in [3.63, 3.8) is 0 Å². The molecule has 0 bridgehead atoms. The third-order valence-electron chi connectivity index (χ3n) is 6.92. The highest BCUT2D eigenvalue weighted by atomic mass is 19.4. The fourth-order valence-corrected chi connectivity index (χ4v) is 4.74. The number of alkyl halides is 7. The van der Waals surface area contributed by atoms with Crippen LogP contribution >= 0.6 is 0 Å². The van der Waals surface area contributed by atoms with Crippen LogP contribution in [-0.2, 0) is 11.3 Å². The van der Waals surface area contributed by atoms with Gasteiger partial charge in [-0.25, -0.2) is 8.78 Å². The van der Waals surface area contributed by atoms with Gasteiger partial charge >= 0.3 is 12.1 Å². The number of halogens is 7. The minimum Gasteiger partial charge on any atom is -0.453 e. The molecule has 1 fully saturated rings. The van der Waals surface area contributed by atoms with Crippen molar-refractivity contribution in [3.8, 4) is 0 Å². The molecular formula is C24H31F7N6O2. The lowest BCUT2D eigenvalue weighted by Crippen LogP contribution is -2.49. The molecule has 8 nitrogen and oxygen atoms in total. The first-order valence-electron chi connectivity index (χ1n) is 12.2. The molecule has 2 unspecified atom stereocenters. The van der Waals surface area contributed by atoms with Crippen LogP contribution < -0.4 is 22.1 Å². The van der Waals surface area contributed by atoms with Crippen LogP contribution in [0.25, 0.3) is 0 Å². The Bertz CT molecular complexity index is 1070. The Morgan fingerprint density at radius 2 is 1.82 bits per heavy atom. The molecule has 1 aromatic rings. The van der Waals surface area contributed by atoms with Crippen molar-refractivity contribution in [2.45, 2.75) is 69.2 Å². The second kappa shape index (κ2) is 12.1. The first-order valence-corrected chi connectivity index (χ1v) is 12.2. The molecule has 0 spiro atoms. The molecular weight excluding hydrogens is 537 g/mol. The Hall–Kier alpha value is -2.91. The van der Waals surface area contributed by atoms with Gasteiger partial charge in [0.05, 0.1) is 6.54 Å². The Kier molecular flexibility index (Phi) is 9.49. The molecule has 2 aliphatic rings. The van der Waals surface area contributed by atoms with E-state index in [1.54, 1.807) is 19.3 Å². The maximum Gasteiger partial charge on any atom is 0.454 e. The van der Waals surface area contributed by atoms with Gasteiger partial charge in [0.1, 0.15) is 6.17 Å². The Labute approximate surface area is 220 Å². The van der Waals surface area contributed by atoms with Crippen molar-refractivity contribution in [2.24, 2.45) is 17.4 Å². The molecule has 1 aliphatic heterocycles. The quantitative estimate of drug-likeness (QED) is 0.128. The van der Waals surface area contributed by atoms with Crippen LogP contribution in [0.5, 0.6) is 0 Å². The molecule has 218 valence electrons. The zero-order valence-corrected chi connectivity index (χ0v) is 21.0. The van der Waals surface area contributed by atoms with Gasteiger partial charge in [-0.3, -0.25) is 15.9 Å². The van der Waals surface area contributed by atoms with E-state index in [1.165, 1.54) is 17.0 Å². The number of nitrogens with zero attached hydrogens (tertiary/aromatic N) is 1. The number of ether oxygens (including phenoxy) is 1. The summed E-state index contributed by atoms with van der Waals surface area (Å²) < 4.78 is 93.9. The van der Waals surface area contributed by atoms with Crippen molar-refractivity contribution in [2.75, 3.05) is 13.6 Å². The highest BCUT2D eigenvalue weighted by molar-refractivity contribution is 6.02. The van der Waals surface area contributed by atoms with Gasteiger partial charge in [-0.15, -0.1) is 0 Å². The number of benzene rings is 1. The van der Waals surface area contributed by atoms with Gasteiger partial charge in [0, 0.05) is 30.8 Å². The number of amides is 1. The largest absolute Gasteiger partial charge is 0.454 e. The fourth-order valence-electron chi connectivity index (χ4n) is 4.74. The molecule has 0 radical (unpaired) electrons. The maximum absolute atomic E-state index is 13.3. The van der Waals surface area contributed by atoms with Crippen LogP contribution in [0.4, 0.5) is 30.7 Å². The fraction of sp³-hybridized carbons (Fsp3) is 0.583. The third kappa shape index (κ3) is 7.00. The standard InChI is InChI=1S/C24H31F7N6O2/c1-35-9-17(12-4-6-15(7-5-12)36-11-23(27,28)24(29,30)31)19(32)37-10-14-3-2-13(8-16(14)22(37)38)20(33)39-21(34)18(25)26/h2-3,8-9,12,15,18-19,21,33,35-36H,4-7,10-11,32,34H2,1H3/b17-9-,33-20?. The summed E-state index contributed by atoms with van der Waals surface area (Å²) in [6, 6.07) is 3.84. The summed E-state index contributed by atoms with van der Waals surface area (Å²) in [6.07, 6.45) is -8.27. The van der Waals surface area contributed by atoms with Crippen molar-refractivity contribution >= 4 is 11.8 Å². The molecule has 1 aliphatic carbocycles. The number of fused-ring (bicyclic) bond motifs is 1. The van der Waals surface area contributed by atoms with Crippen molar-refractivity contribution in [1.82, 2.24) is 15.5 Å². The highest BCUT2D eigenvalue weighted by Crippen LogP contribution is 2.37. The molecule has 1 heterocycles. The molecule has 7 N–H and O–H groups in total. The van der Waals surface area contributed by atoms with E-state index in [9.17, 15) is 35.5 Å². The Morgan fingerprint density at radius 1 is 1.18 bits per heavy atom. The molecule has 39 heavy (non-hydrogen) atoms. The Morgan fingerprint density at radius 3 is 2.38 bits per heavy atom. The molecule has 15 heteroatoms. The van der Waals surface area contributed by atoms with Crippen LogP contribution in [0.3, 0.4) is 0 Å². The van der Waals surface area contributed by atoms with E-state index in [4.69, 9.17) is 21.6 Å². The van der Waals surface area contributed by atoms with E-state index >= 15 is 0 Å². The summed E-state index contributed by atoms with van der Waals surface area (Å²) in [5.74, 6) is -6.04. The molecule has 0 saturated heterocycles. The van der Waals surface area contributed by atoms with Gasteiger partial charge in [-0.1, -0.05) is 6.07 Å². The second-order valence-electron chi connectivity index (χ2n) is 9.56. The monoisotopic (exact) mass is 568 g/mol. The van der Waals surface area contributed by atoms with Crippen molar-refractivity contribution in [1.29, 1.82) is 5.41 Å². The van der Waals surface area contributed by atoms with E-state index < -0.39 is 55.3 Å². The van der Waals surface area contributed by atoms with Crippen LogP contribution in [0, 0.1) is 11.3 Å². The first kappa shape index (κ1) is 30.6. The van der Waals surface area contributed by atoms with Gasteiger partial charge in [0.2, 0.25) is 12.1 Å². The average Bonchev–Trinajstić information content (AvgIpc) is 3.21. The number of hydrogen-bond acceptors (Lipinski definition) is 7. The van der Waals surface area contributed by atoms with Crippen molar-refractivity contribution < 1.29 is 40.3 Å². The van der Waals surface area contributed by atoms with Crippen LogP contribution in [0.15, 0.2) is 30.0 Å². The van der Waals surface area contributed by atoms with Crippen molar-refractivity contribution in [3.05, 3.63) is 46.7 Å². The summed E-state index contributed by atoms with van der Waals surface area (Å²) in [7, 11) is 1.64. The number of carbonyl (C=O) groups excluding carboxylic acids is 1. The maximum atomic E-state index is 13.3. The van der Waals surface area contributed by atoms with Gasteiger partial charge in [-0.2, -0.15) is 22.0 Å². The number of rotatable bonds is 10. The molecule has 1 saturated carbocycles. The molecule has 3 rings (SSSR count). The predicted octanol–water partition coefficient (Wildman–Crippen LogP) is 3.27. The van der Waals surface area contributed by atoms with E-state index in [0.29, 0.717) is 36.8 Å². The lowest BCUT2D eigenvalue weighted by molar-refractivity contribution is -0.279. The summed E-state index contributed by atoms with van der Waals surface area (Å²) in [6.45, 7) is -1.35. The van der Waals surface area contributed by atoms with E-state index in [-0.39, 0.29) is 23.6 Å². The first-order chi connectivity index (χ1) is 18.2. The van der Waals surface area contributed by atoms with Crippen LogP contribution in [0.2, 0.25) is 0 Å². The van der Waals surface area contributed by atoms with E-state index in [1.807, 2.05) is 0 Å². The molecule has 0 aromatic heterocycles. The van der Waals surface area contributed by atoms with Crippen LogP contribution in [0.1, 0.15) is 47.2 Å². The number of nitrogens with one attached hydrogen (secondary N) is 3. The highest BCUT2D eigenvalue weighted by Gasteiger charge is 2.57. The predicted molar refractivity (Wildman–Crippen MR) is 128 cm³/mol. The number of nitrogens with two attached hydrogens (primary N) is 2. The minimum absolute atomic E-state index is 0.0848. The minimum atomic E-state index is -5.63. The summed E-state index contributed by atoms with van der Waals surface area (Å²) in [5, 5.41) is 13.1. The smallest absolute Gasteiger partial charge is 0.453 e. The third-order valence-corrected chi connectivity index (χ3v) is 6.92. The summed E-state index contributed by atoms with van der Waals surface area (Å²) in [5.41, 5.74) is 13.2. The molecule has 2 atom stereocenters. The lowest BCUT2D eigenvalue weighted by Gasteiger charge is -2.36. The van der Waals surface area contributed by atoms with E-state index in [2.05, 4.69) is 10.6 Å². The molecule has 1 amide bonds. The number of carbonyl (C=O) groups is 1. The van der Waals surface area contributed by atoms with E-state index in [0.717, 1.165) is 0 Å². The van der Waals surface area contributed by atoms with Gasteiger partial charge in [0.15, 0.2) is 0 Å². The normalized spacial score (nSPS) is 22.1. The zero-order valence-electron chi connectivity index (χ0n) is 21.0. The summed E-state index contributed by atoms with van der Waals surface area (Å²) >= 11 is 0. The van der Waals surface area contributed by atoms with Gasteiger partial charge < -0.3 is 26.0 Å². The Balaban J connectivity index is 1.65.